The number of ketones is 1. The van der Waals surface area contributed by atoms with Gasteiger partial charge in [0, 0.05) is 13.1 Å². The van der Waals surface area contributed by atoms with Crippen LogP contribution in [-0.4, -0.2) is 39.5 Å². The molecule has 1 aromatic heterocycles. The van der Waals surface area contributed by atoms with E-state index in [4.69, 9.17) is 10.5 Å². The number of carbonyl (C=O) groups excluding carboxylic acids is 1. The molecule has 0 aromatic carbocycles. The van der Waals surface area contributed by atoms with Gasteiger partial charge in [-0.3, -0.25) is 4.79 Å². The number of hydrogen-bond acceptors (Lipinski definition) is 5. The number of nitrogens with zero attached hydrogens (tertiary/aromatic N) is 3. The fraction of sp³-hybridized carbons (Fsp3) is 0.727. The van der Waals surface area contributed by atoms with Gasteiger partial charge in [0.25, 0.3) is 0 Å². The van der Waals surface area contributed by atoms with Crippen molar-refractivity contribution < 1.29 is 9.53 Å². The van der Waals surface area contributed by atoms with Crippen LogP contribution in [0.5, 0.6) is 0 Å². The second-order valence-corrected chi connectivity index (χ2v) is 4.27. The van der Waals surface area contributed by atoms with E-state index >= 15 is 0 Å². The topological polar surface area (TPSA) is 83.0 Å². The number of aryl methyl sites for hydroxylation is 1. The lowest BCUT2D eigenvalue weighted by atomic mass is 10.1. The minimum atomic E-state index is -0.377. The molecule has 0 saturated carbocycles. The Labute approximate surface area is 100 Å². The Balaban J connectivity index is 2.06. The van der Waals surface area contributed by atoms with Gasteiger partial charge in [0.2, 0.25) is 5.78 Å². The number of Topliss-reactive ketones (excluding diaryl/α,β-unsaturated/α-hetero) is 1. The Kier molecular flexibility index (Phi) is 3.86. The average Bonchev–Trinajstić information content (AvgIpc) is 2.97. The quantitative estimate of drug-likeness (QED) is 0.750. The van der Waals surface area contributed by atoms with Crippen molar-refractivity contribution in [3.63, 3.8) is 0 Å². The van der Waals surface area contributed by atoms with Crippen LogP contribution in [0.1, 0.15) is 36.7 Å². The van der Waals surface area contributed by atoms with Gasteiger partial charge < -0.3 is 10.5 Å². The Bertz CT molecular complexity index is 391. The Morgan fingerprint density at radius 3 is 3.12 bits per heavy atom. The lowest BCUT2D eigenvalue weighted by molar-refractivity contribution is 0.0395. The smallest absolute Gasteiger partial charge is 0.211 e. The van der Waals surface area contributed by atoms with Crippen molar-refractivity contribution in [3.05, 3.63) is 11.9 Å². The van der Waals surface area contributed by atoms with Gasteiger partial charge in [-0.05, 0) is 19.3 Å². The predicted octanol–water partition coefficient (Wildman–Crippen LogP) is 0.377. The molecule has 2 rings (SSSR count). The molecule has 0 aliphatic carbocycles. The van der Waals surface area contributed by atoms with Crippen molar-refractivity contribution >= 4 is 5.78 Å². The maximum Gasteiger partial charge on any atom is 0.211 e. The first kappa shape index (κ1) is 12.2. The fourth-order valence-corrected chi connectivity index (χ4v) is 2.06. The highest BCUT2D eigenvalue weighted by atomic mass is 16.5. The van der Waals surface area contributed by atoms with Crippen LogP contribution in [-0.2, 0) is 11.3 Å². The van der Waals surface area contributed by atoms with Gasteiger partial charge in [-0.25, -0.2) is 4.68 Å². The van der Waals surface area contributed by atoms with Gasteiger partial charge >= 0.3 is 0 Å². The molecule has 17 heavy (non-hydrogen) atoms. The molecule has 1 saturated heterocycles. The van der Waals surface area contributed by atoms with E-state index in [1.807, 2.05) is 6.92 Å². The summed E-state index contributed by atoms with van der Waals surface area (Å²) >= 11 is 0. The van der Waals surface area contributed by atoms with Crippen molar-refractivity contribution in [2.45, 2.75) is 44.9 Å². The van der Waals surface area contributed by atoms with Crippen molar-refractivity contribution in [1.29, 1.82) is 0 Å². The number of aromatic nitrogens is 3. The van der Waals surface area contributed by atoms with E-state index in [0.717, 1.165) is 19.3 Å². The van der Waals surface area contributed by atoms with E-state index in [1.165, 1.54) is 6.20 Å². The summed E-state index contributed by atoms with van der Waals surface area (Å²) in [7, 11) is 0. The zero-order valence-corrected chi connectivity index (χ0v) is 10.0. The number of carbonyl (C=O) groups is 1. The van der Waals surface area contributed by atoms with Crippen molar-refractivity contribution in [1.82, 2.24) is 15.0 Å². The van der Waals surface area contributed by atoms with E-state index in [2.05, 4.69) is 10.3 Å². The molecule has 6 heteroatoms. The van der Waals surface area contributed by atoms with Crippen molar-refractivity contribution in [2.75, 3.05) is 6.54 Å². The summed E-state index contributed by atoms with van der Waals surface area (Å²) in [6, 6.07) is 0. The second-order valence-electron chi connectivity index (χ2n) is 4.27. The highest BCUT2D eigenvalue weighted by Gasteiger charge is 2.32. The molecule has 1 aliphatic rings. The molecular weight excluding hydrogens is 220 g/mol. The Hall–Kier alpha value is -1.27. The zero-order valence-electron chi connectivity index (χ0n) is 10.0. The van der Waals surface area contributed by atoms with Crippen molar-refractivity contribution in [3.8, 4) is 0 Å². The van der Waals surface area contributed by atoms with E-state index in [-0.39, 0.29) is 18.0 Å². The molecule has 94 valence electrons. The third kappa shape index (κ3) is 2.53. The maximum absolute atomic E-state index is 12.2. The van der Waals surface area contributed by atoms with Gasteiger partial charge in [0.05, 0.1) is 12.3 Å². The van der Waals surface area contributed by atoms with Gasteiger partial charge in [0.15, 0.2) is 0 Å². The first-order valence-electron chi connectivity index (χ1n) is 6.04. The summed E-state index contributed by atoms with van der Waals surface area (Å²) < 4.78 is 7.23. The number of hydrogen-bond donors (Lipinski definition) is 1. The van der Waals surface area contributed by atoms with Crippen LogP contribution in [0.4, 0.5) is 0 Å². The van der Waals surface area contributed by atoms with Gasteiger partial charge in [0.1, 0.15) is 11.8 Å². The van der Waals surface area contributed by atoms with Gasteiger partial charge in [-0.2, -0.15) is 0 Å². The monoisotopic (exact) mass is 238 g/mol. The summed E-state index contributed by atoms with van der Waals surface area (Å²) in [6.07, 6.45) is 3.65. The zero-order chi connectivity index (χ0) is 12.3. The van der Waals surface area contributed by atoms with Crippen LogP contribution in [0.25, 0.3) is 0 Å². The third-order valence-corrected chi connectivity index (χ3v) is 2.97. The highest BCUT2D eigenvalue weighted by molar-refractivity contribution is 5.97. The number of nitrogens with two attached hydrogens (primary N) is 1. The lowest BCUT2D eigenvalue weighted by Crippen LogP contribution is -2.27. The molecular formula is C11H18N4O2. The molecule has 6 nitrogen and oxygen atoms in total. The Morgan fingerprint density at radius 1 is 1.65 bits per heavy atom. The first-order valence-corrected chi connectivity index (χ1v) is 6.04. The lowest BCUT2D eigenvalue weighted by Gasteiger charge is -2.11. The van der Waals surface area contributed by atoms with Crippen LogP contribution >= 0.6 is 0 Å². The highest BCUT2D eigenvalue weighted by Crippen LogP contribution is 2.22. The molecule has 0 bridgehead atoms. The molecule has 1 fully saturated rings. The molecule has 2 heterocycles. The Morgan fingerprint density at radius 2 is 2.47 bits per heavy atom. The van der Waals surface area contributed by atoms with E-state index in [1.54, 1.807) is 4.68 Å². The predicted molar refractivity (Wildman–Crippen MR) is 61.6 cm³/mol. The SMILES string of the molecule is CCCn1nncc1C(=O)C1CCC(CN)O1. The van der Waals surface area contributed by atoms with Crippen LogP contribution in [0.3, 0.4) is 0 Å². The molecule has 1 aromatic rings. The van der Waals surface area contributed by atoms with Crippen LogP contribution in [0.15, 0.2) is 6.20 Å². The average molecular weight is 238 g/mol. The van der Waals surface area contributed by atoms with Gasteiger partial charge in [-0.15, -0.1) is 5.10 Å². The third-order valence-electron chi connectivity index (χ3n) is 2.97. The fourth-order valence-electron chi connectivity index (χ4n) is 2.06. The summed E-state index contributed by atoms with van der Waals surface area (Å²) in [4.78, 5) is 12.2. The molecule has 2 unspecified atom stereocenters. The first-order chi connectivity index (χ1) is 8.26. The minimum Gasteiger partial charge on any atom is -0.365 e. The van der Waals surface area contributed by atoms with E-state index in [9.17, 15) is 4.79 Å². The van der Waals surface area contributed by atoms with E-state index < -0.39 is 0 Å². The van der Waals surface area contributed by atoms with Crippen molar-refractivity contribution in [2.24, 2.45) is 5.73 Å². The standard InChI is InChI=1S/C11H18N4O2/c1-2-5-15-9(7-13-14-15)11(16)10-4-3-8(6-12)17-10/h7-8,10H,2-6,12H2,1H3. The summed E-state index contributed by atoms with van der Waals surface area (Å²) in [6.45, 7) is 3.21. The van der Waals surface area contributed by atoms with Gasteiger partial charge in [-0.1, -0.05) is 12.1 Å². The summed E-state index contributed by atoms with van der Waals surface area (Å²) in [5.41, 5.74) is 6.06. The molecule has 2 N–H and O–H groups in total. The molecule has 1 aliphatic heterocycles. The molecule has 0 amide bonds. The minimum absolute atomic E-state index is 0.0134. The van der Waals surface area contributed by atoms with Crippen LogP contribution in [0, 0.1) is 0 Å². The second kappa shape index (κ2) is 5.37. The molecule has 0 spiro atoms. The van der Waals surface area contributed by atoms with Crippen LogP contribution in [0.2, 0.25) is 0 Å². The molecule has 0 radical (unpaired) electrons. The summed E-state index contributed by atoms with van der Waals surface area (Å²) in [5, 5.41) is 7.69. The normalized spacial score (nSPS) is 24.1. The van der Waals surface area contributed by atoms with Crippen LogP contribution < -0.4 is 5.73 Å². The largest absolute Gasteiger partial charge is 0.365 e. The number of rotatable bonds is 5. The van der Waals surface area contributed by atoms with E-state index in [0.29, 0.717) is 18.8 Å². The number of ether oxygens (including phenoxy) is 1. The maximum atomic E-state index is 12.2. The molecule has 2 atom stereocenters. The summed E-state index contributed by atoms with van der Waals surface area (Å²) in [5.74, 6) is -0.0283.